The molecule has 0 atom stereocenters. The second kappa shape index (κ2) is 6.83. The molecule has 1 aliphatic rings. The van der Waals surface area contributed by atoms with E-state index in [1.807, 2.05) is 25.1 Å². The molecule has 138 valence electrons. The Morgan fingerprint density at radius 1 is 1.00 bits per heavy atom. The molecule has 0 bridgehead atoms. The zero-order chi connectivity index (χ0) is 19.0. The van der Waals surface area contributed by atoms with Gasteiger partial charge in [0.25, 0.3) is 5.91 Å². The van der Waals surface area contributed by atoms with Gasteiger partial charge in [-0.25, -0.2) is 9.97 Å². The summed E-state index contributed by atoms with van der Waals surface area (Å²) in [7, 11) is 0. The first-order chi connectivity index (χ1) is 13.0. The standard InChI is InChI=1S/C20H20N4O3/c1-13-4-3-5-17(21-13)19-22-16-7-6-15(12-18(16)27-19)20(26)24-10-8-23(9-11-24)14(2)25/h3-7,12H,8-11H2,1-2H3. The molecule has 1 aromatic carbocycles. The number of oxazole rings is 1. The minimum atomic E-state index is -0.0632. The van der Waals surface area contributed by atoms with Crippen LogP contribution in [0, 0.1) is 6.92 Å². The summed E-state index contributed by atoms with van der Waals surface area (Å²) in [5.74, 6) is 0.419. The van der Waals surface area contributed by atoms with Gasteiger partial charge in [-0.2, -0.15) is 0 Å². The van der Waals surface area contributed by atoms with Gasteiger partial charge in [-0.15, -0.1) is 0 Å². The number of fused-ring (bicyclic) bond motifs is 1. The summed E-state index contributed by atoms with van der Waals surface area (Å²) in [6.45, 7) is 5.66. The van der Waals surface area contributed by atoms with Gasteiger partial charge in [-0.1, -0.05) is 6.07 Å². The summed E-state index contributed by atoms with van der Waals surface area (Å²) in [6, 6.07) is 10.9. The average molecular weight is 364 g/mol. The van der Waals surface area contributed by atoms with E-state index in [0.717, 1.165) is 5.69 Å². The number of piperazine rings is 1. The molecule has 0 N–H and O–H groups in total. The van der Waals surface area contributed by atoms with Gasteiger partial charge in [0, 0.05) is 44.4 Å². The van der Waals surface area contributed by atoms with Crippen LogP contribution in [0.1, 0.15) is 23.0 Å². The molecule has 0 aliphatic carbocycles. The SMILES string of the molecule is CC(=O)N1CCN(C(=O)c2ccc3nc(-c4cccc(C)n4)oc3c2)CC1. The van der Waals surface area contributed by atoms with E-state index in [1.165, 1.54) is 0 Å². The summed E-state index contributed by atoms with van der Waals surface area (Å²) in [5, 5.41) is 0. The van der Waals surface area contributed by atoms with Crippen LogP contribution < -0.4 is 0 Å². The van der Waals surface area contributed by atoms with Crippen molar-refractivity contribution < 1.29 is 14.0 Å². The maximum atomic E-state index is 12.8. The minimum Gasteiger partial charge on any atom is -0.435 e. The van der Waals surface area contributed by atoms with Crippen molar-refractivity contribution in [2.24, 2.45) is 0 Å². The summed E-state index contributed by atoms with van der Waals surface area (Å²) in [6.07, 6.45) is 0. The lowest BCUT2D eigenvalue weighted by Crippen LogP contribution is -2.50. The molecule has 1 fully saturated rings. The fourth-order valence-corrected chi connectivity index (χ4v) is 3.24. The van der Waals surface area contributed by atoms with E-state index in [2.05, 4.69) is 9.97 Å². The maximum Gasteiger partial charge on any atom is 0.254 e. The fourth-order valence-electron chi connectivity index (χ4n) is 3.24. The van der Waals surface area contributed by atoms with Crippen molar-refractivity contribution in [1.82, 2.24) is 19.8 Å². The van der Waals surface area contributed by atoms with E-state index in [4.69, 9.17) is 4.42 Å². The molecule has 0 radical (unpaired) electrons. The third-order valence-corrected chi connectivity index (χ3v) is 4.76. The van der Waals surface area contributed by atoms with Gasteiger partial charge in [0.15, 0.2) is 5.58 Å². The van der Waals surface area contributed by atoms with Crippen LogP contribution in [0.5, 0.6) is 0 Å². The van der Waals surface area contributed by atoms with Gasteiger partial charge in [-0.05, 0) is 37.3 Å². The Labute approximate surface area is 156 Å². The molecule has 7 nitrogen and oxygen atoms in total. The third-order valence-electron chi connectivity index (χ3n) is 4.76. The highest BCUT2D eigenvalue weighted by molar-refractivity contribution is 5.97. The van der Waals surface area contributed by atoms with Crippen LogP contribution >= 0.6 is 0 Å². The van der Waals surface area contributed by atoms with Crippen molar-refractivity contribution >= 4 is 22.9 Å². The number of pyridine rings is 1. The zero-order valence-corrected chi connectivity index (χ0v) is 15.3. The van der Waals surface area contributed by atoms with Crippen molar-refractivity contribution in [1.29, 1.82) is 0 Å². The number of carbonyl (C=O) groups is 2. The van der Waals surface area contributed by atoms with Crippen LogP contribution in [0.3, 0.4) is 0 Å². The monoisotopic (exact) mass is 364 g/mol. The largest absolute Gasteiger partial charge is 0.435 e. The van der Waals surface area contributed by atoms with Gasteiger partial charge < -0.3 is 14.2 Å². The van der Waals surface area contributed by atoms with Gasteiger partial charge in [0.05, 0.1) is 0 Å². The number of aromatic nitrogens is 2. The van der Waals surface area contributed by atoms with Crippen LogP contribution in [0.2, 0.25) is 0 Å². The molecular formula is C20H20N4O3. The van der Waals surface area contributed by atoms with Crippen molar-refractivity contribution in [3.05, 3.63) is 47.7 Å². The van der Waals surface area contributed by atoms with E-state index in [-0.39, 0.29) is 11.8 Å². The Morgan fingerprint density at radius 3 is 2.44 bits per heavy atom. The van der Waals surface area contributed by atoms with Gasteiger partial charge in [-0.3, -0.25) is 9.59 Å². The fraction of sp³-hybridized carbons (Fsp3) is 0.300. The van der Waals surface area contributed by atoms with Crippen LogP contribution in [-0.2, 0) is 4.79 Å². The van der Waals surface area contributed by atoms with Crippen molar-refractivity contribution in [2.45, 2.75) is 13.8 Å². The molecule has 0 saturated carbocycles. The van der Waals surface area contributed by atoms with E-state index in [9.17, 15) is 9.59 Å². The molecule has 4 rings (SSSR count). The lowest BCUT2D eigenvalue weighted by atomic mass is 10.1. The highest BCUT2D eigenvalue weighted by Crippen LogP contribution is 2.24. The summed E-state index contributed by atoms with van der Waals surface area (Å²) in [5.41, 5.74) is 3.35. The number of hydrogen-bond donors (Lipinski definition) is 0. The van der Waals surface area contributed by atoms with E-state index in [0.29, 0.717) is 54.4 Å². The lowest BCUT2D eigenvalue weighted by molar-refractivity contribution is -0.130. The number of rotatable bonds is 2. The quantitative estimate of drug-likeness (QED) is 0.698. The summed E-state index contributed by atoms with van der Waals surface area (Å²) >= 11 is 0. The molecule has 3 aromatic rings. The number of benzene rings is 1. The average Bonchev–Trinajstić information content (AvgIpc) is 3.11. The van der Waals surface area contributed by atoms with Crippen molar-refractivity contribution in [3.8, 4) is 11.6 Å². The zero-order valence-electron chi connectivity index (χ0n) is 15.3. The predicted molar refractivity (Wildman–Crippen MR) is 100 cm³/mol. The minimum absolute atomic E-state index is 0.0440. The molecular weight excluding hydrogens is 344 g/mol. The Bertz CT molecular complexity index is 1020. The maximum absolute atomic E-state index is 12.8. The molecule has 2 amide bonds. The molecule has 0 spiro atoms. The molecule has 1 saturated heterocycles. The number of aryl methyl sites for hydroxylation is 1. The highest BCUT2D eigenvalue weighted by Gasteiger charge is 2.24. The molecule has 7 heteroatoms. The van der Waals surface area contributed by atoms with Crippen LogP contribution in [0.15, 0.2) is 40.8 Å². The molecule has 1 aliphatic heterocycles. The summed E-state index contributed by atoms with van der Waals surface area (Å²) < 4.78 is 5.84. The summed E-state index contributed by atoms with van der Waals surface area (Å²) in [4.78, 5) is 36.6. The molecule has 2 aromatic heterocycles. The number of nitrogens with zero attached hydrogens (tertiary/aromatic N) is 4. The first-order valence-corrected chi connectivity index (χ1v) is 8.91. The topological polar surface area (TPSA) is 79.5 Å². The third kappa shape index (κ3) is 3.40. The molecule has 3 heterocycles. The first-order valence-electron chi connectivity index (χ1n) is 8.91. The van der Waals surface area contributed by atoms with E-state index >= 15 is 0 Å². The van der Waals surface area contributed by atoms with Crippen LogP contribution in [0.25, 0.3) is 22.7 Å². The smallest absolute Gasteiger partial charge is 0.254 e. The Balaban J connectivity index is 1.57. The Kier molecular flexibility index (Phi) is 4.35. The number of carbonyl (C=O) groups excluding carboxylic acids is 2. The van der Waals surface area contributed by atoms with Crippen LogP contribution in [-0.4, -0.2) is 57.8 Å². The second-order valence-electron chi connectivity index (χ2n) is 6.66. The predicted octanol–water partition coefficient (Wildman–Crippen LogP) is 2.50. The first kappa shape index (κ1) is 17.2. The highest BCUT2D eigenvalue weighted by atomic mass is 16.3. The Hall–Kier alpha value is -3.22. The Morgan fingerprint density at radius 2 is 1.74 bits per heavy atom. The lowest BCUT2D eigenvalue weighted by Gasteiger charge is -2.34. The van der Waals surface area contributed by atoms with Crippen molar-refractivity contribution in [3.63, 3.8) is 0 Å². The van der Waals surface area contributed by atoms with Gasteiger partial charge in [0.2, 0.25) is 11.8 Å². The molecule has 0 unspecified atom stereocenters. The van der Waals surface area contributed by atoms with E-state index < -0.39 is 0 Å². The van der Waals surface area contributed by atoms with Crippen LogP contribution in [0.4, 0.5) is 0 Å². The van der Waals surface area contributed by atoms with Gasteiger partial charge >= 0.3 is 0 Å². The van der Waals surface area contributed by atoms with E-state index in [1.54, 1.807) is 34.9 Å². The normalized spacial score (nSPS) is 14.6. The number of amides is 2. The number of hydrogen-bond acceptors (Lipinski definition) is 5. The van der Waals surface area contributed by atoms with Gasteiger partial charge in [0.1, 0.15) is 11.2 Å². The van der Waals surface area contributed by atoms with Crippen molar-refractivity contribution in [2.75, 3.05) is 26.2 Å². The second-order valence-corrected chi connectivity index (χ2v) is 6.66. The molecule has 27 heavy (non-hydrogen) atoms.